The maximum absolute atomic E-state index is 12.4. The summed E-state index contributed by atoms with van der Waals surface area (Å²) in [5, 5.41) is 5.49. The van der Waals surface area contributed by atoms with Gasteiger partial charge < -0.3 is 25.2 Å². The van der Waals surface area contributed by atoms with Gasteiger partial charge in [-0.25, -0.2) is 14.8 Å². The summed E-state index contributed by atoms with van der Waals surface area (Å²) in [5.74, 6) is 1.43. The maximum atomic E-state index is 12.4. The second kappa shape index (κ2) is 11.0. The molecule has 1 aliphatic heterocycles. The zero-order valence-corrected chi connectivity index (χ0v) is 17.2. The molecule has 0 saturated carbocycles. The number of aromatic nitrogens is 2. The van der Waals surface area contributed by atoms with Crippen molar-refractivity contribution in [3.05, 3.63) is 42.7 Å². The highest BCUT2D eigenvalue weighted by molar-refractivity contribution is 5.89. The van der Waals surface area contributed by atoms with Crippen molar-refractivity contribution in [1.82, 2.24) is 20.2 Å². The molecule has 0 aliphatic carbocycles. The van der Waals surface area contributed by atoms with Crippen LogP contribution in [0.15, 0.2) is 42.7 Å². The van der Waals surface area contributed by atoms with Gasteiger partial charge in [-0.3, -0.25) is 4.79 Å². The minimum atomic E-state index is -0.346. The fraction of sp³-hybridized carbons (Fsp3) is 0.429. The number of hydrogen-bond donors (Lipinski definition) is 2. The molecular formula is C21H28N6O3. The zero-order valence-electron chi connectivity index (χ0n) is 17.2. The molecule has 0 spiro atoms. The van der Waals surface area contributed by atoms with Gasteiger partial charge in [0.15, 0.2) is 0 Å². The summed E-state index contributed by atoms with van der Waals surface area (Å²) in [6.45, 7) is 5.57. The fourth-order valence-corrected chi connectivity index (χ4v) is 3.11. The highest BCUT2D eigenvalue weighted by atomic mass is 16.5. The number of rotatable bonds is 8. The molecule has 1 saturated heterocycles. The molecule has 2 heterocycles. The summed E-state index contributed by atoms with van der Waals surface area (Å²) < 4.78 is 5.56. The van der Waals surface area contributed by atoms with Crippen LogP contribution in [0.5, 0.6) is 5.75 Å². The molecule has 160 valence electrons. The lowest BCUT2D eigenvalue weighted by Gasteiger charge is -2.34. The average Bonchev–Trinajstić information content (AvgIpc) is 2.78. The first-order chi connectivity index (χ1) is 14.7. The number of anilines is 2. The third-order valence-corrected chi connectivity index (χ3v) is 4.66. The summed E-state index contributed by atoms with van der Waals surface area (Å²) in [6.07, 6.45) is 4.60. The maximum Gasteiger partial charge on any atom is 0.319 e. The number of urea groups is 1. The van der Waals surface area contributed by atoms with Crippen LogP contribution in [0.1, 0.15) is 19.8 Å². The van der Waals surface area contributed by atoms with Crippen LogP contribution in [-0.2, 0) is 4.79 Å². The lowest BCUT2D eigenvalue weighted by Crippen LogP contribution is -2.49. The van der Waals surface area contributed by atoms with E-state index in [1.54, 1.807) is 30.6 Å². The zero-order chi connectivity index (χ0) is 21.2. The number of hydrogen-bond acceptors (Lipinski definition) is 6. The van der Waals surface area contributed by atoms with Crippen molar-refractivity contribution in [3.8, 4) is 5.75 Å². The molecule has 3 rings (SSSR count). The molecule has 1 aromatic heterocycles. The first-order valence-corrected chi connectivity index (χ1v) is 10.2. The first-order valence-electron chi connectivity index (χ1n) is 10.2. The topological polar surface area (TPSA) is 99.7 Å². The van der Waals surface area contributed by atoms with Gasteiger partial charge in [-0.1, -0.05) is 13.0 Å². The van der Waals surface area contributed by atoms with Crippen molar-refractivity contribution < 1.29 is 14.3 Å². The predicted molar refractivity (Wildman–Crippen MR) is 115 cm³/mol. The first kappa shape index (κ1) is 21.4. The third kappa shape index (κ3) is 6.33. The van der Waals surface area contributed by atoms with Gasteiger partial charge in [0.05, 0.1) is 6.61 Å². The molecule has 3 amide bonds. The Morgan fingerprint density at radius 1 is 1.10 bits per heavy atom. The summed E-state index contributed by atoms with van der Waals surface area (Å²) in [5.41, 5.74) is 0.645. The van der Waals surface area contributed by atoms with Crippen LogP contribution in [0.25, 0.3) is 0 Å². The van der Waals surface area contributed by atoms with Crippen molar-refractivity contribution >= 4 is 23.6 Å². The lowest BCUT2D eigenvalue weighted by atomic mass is 10.3. The fourth-order valence-electron chi connectivity index (χ4n) is 3.11. The molecule has 1 aliphatic rings. The minimum absolute atomic E-state index is 0.0268. The molecule has 9 heteroatoms. The van der Waals surface area contributed by atoms with Gasteiger partial charge in [0.25, 0.3) is 0 Å². The van der Waals surface area contributed by atoms with Crippen molar-refractivity contribution in [2.45, 2.75) is 19.8 Å². The molecule has 30 heavy (non-hydrogen) atoms. The number of amides is 3. The van der Waals surface area contributed by atoms with Crippen LogP contribution in [0.2, 0.25) is 0 Å². The molecule has 1 fully saturated rings. The average molecular weight is 412 g/mol. The molecule has 0 radical (unpaired) electrons. The molecule has 2 aromatic rings. The Bertz CT molecular complexity index is 825. The van der Waals surface area contributed by atoms with Crippen LogP contribution >= 0.6 is 0 Å². The normalized spacial score (nSPS) is 13.6. The minimum Gasteiger partial charge on any atom is -0.494 e. The Morgan fingerprint density at radius 2 is 1.87 bits per heavy atom. The molecule has 1 aromatic carbocycles. The molecule has 0 unspecified atom stereocenters. The van der Waals surface area contributed by atoms with Crippen LogP contribution in [0.3, 0.4) is 0 Å². The van der Waals surface area contributed by atoms with Gasteiger partial charge in [0, 0.05) is 63.3 Å². The van der Waals surface area contributed by atoms with Crippen LogP contribution in [-0.4, -0.2) is 66.1 Å². The Kier molecular flexibility index (Phi) is 7.82. The van der Waals surface area contributed by atoms with Gasteiger partial charge in [0.1, 0.15) is 5.75 Å². The Morgan fingerprint density at radius 3 is 2.60 bits per heavy atom. The Labute approximate surface area is 176 Å². The van der Waals surface area contributed by atoms with Gasteiger partial charge >= 0.3 is 6.03 Å². The quantitative estimate of drug-likeness (QED) is 0.689. The molecule has 2 N–H and O–H groups in total. The van der Waals surface area contributed by atoms with E-state index in [1.807, 2.05) is 24.0 Å². The van der Waals surface area contributed by atoms with Crippen LogP contribution in [0.4, 0.5) is 16.4 Å². The smallest absolute Gasteiger partial charge is 0.319 e. The van der Waals surface area contributed by atoms with E-state index in [2.05, 4.69) is 25.5 Å². The van der Waals surface area contributed by atoms with E-state index in [-0.39, 0.29) is 24.9 Å². The molecule has 9 nitrogen and oxygen atoms in total. The monoisotopic (exact) mass is 412 g/mol. The number of carbonyl (C=O) groups is 2. The number of nitrogens with one attached hydrogen (secondary N) is 2. The number of carbonyl (C=O) groups excluding carboxylic acids is 2. The van der Waals surface area contributed by atoms with Crippen LogP contribution < -0.4 is 20.3 Å². The van der Waals surface area contributed by atoms with E-state index < -0.39 is 0 Å². The second-order valence-electron chi connectivity index (χ2n) is 6.92. The van der Waals surface area contributed by atoms with E-state index in [4.69, 9.17) is 4.74 Å². The summed E-state index contributed by atoms with van der Waals surface area (Å²) in [7, 11) is 0. The van der Waals surface area contributed by atoms with E-state index in [0.29, 0.717) is 50.2 Å². The molecule has 0 bridgehead atoms. The molecule has 0 atom stereocenters. The lowest BCUT2D eigenvalue weighted by molar-refractivity contribution is -0.131. The highest BCUT2D eigenvalue weighted by Crippen LogP contribution is 2.17. The van der Waals surface area contributed by atoms with Crippen molar-refractivity contribution in [2.24, 2.45) is 0 Å². The number of piperazine rings is 1. The SMILES string of the molecule is CCCOc1cccc(NC(=O)NCCC(=O)N2CCN(c3ncccn3)CC2)c1. The summed E-state index contributed by atoms with van der Waals surface area (Å²) >= 11 is 0. The van der Waals surface area contributed by atoms with E-state index in [1.165, 1.54) is 0 Å². The van der Waals surface area contributed by atoms with E-state index in [0.717, 1.165) is 6.42 Å². The largest absolute Gasteiger partial charge is 0.494 e. The predicted octanol–water partition coefficient (Wildman–Crippen LogP) is 2.13. The van der Waals surface area contributed by atoms with E-state index >= 15 is 0 Å². The van der Waals surface area contributed by atoms with Gasteiger partial charge in [-0.2, -0.15) is 0 Å². The standard InChI is InChI=1S/C21H28N6O3/c1-2-15-30-18-6-3-5-17(16-18)25-21(29)24-10-7-19(28)26-11-13-27(14-12-26)20-22-8-4-9-23-20/h3-6,8-9,16H,2,7,10-15H2,1H3,(H2,24,25,29). The number of ether oxygens (including phenoxy) is 1. The Hall–Kier alpha value is -3.36. The molecular weight excluding hydrogens is 384 g/mol. The Balaban J connectivity index is 1.36. The van der Waals surface area contributed by atoms with E-state index in [9.17, 15) is 9.59 Å². The second-order valence-corrected chi connectivity index (χ2v) is 6.92. The van der Waals surface area contributed by atoms with Crippen molar-refractivity contribution in [2.75, 3.05) is 49.5 Å². The number of benzene rings is 1. The number of nitrogens with zero attached hydrogens (tertiary/aromatic N) is 4. The summed E-state index contributed by atoms with van der Waals surface area (Å²) in [6, 6.07) is 8.67. The van der Waals surface area contributed by atoms with Gasteiger partial charge in [0.2, 0.25) is 11.9 Å². The summed E-state index contributed by atoms with van der Waals surface area (Å²) in [4.78, 5) is 36.9. The van der Waals surface area contributed by atoms with Crippen molar-refractivity contribution in [3.63, 3.8) is 0 Å². The van der Waals surface area contributed by atoms with Crippen molar-refractivity contribution in [1.29, 1.82) is 0 Å². The van der Waals surface area contributed by atoms with Gasteiger partial charge in [-0.15, -0.1) is 0 Å². The van der Waals surface area contributed by atoms with Gasteiger partial charge in [-0.05, 0) is 24.6 Å². The highest BCUT2D eigenvalue weighted by Gasteiger charge is 2.22. The third-order valence-electron chi connectivity index (χ3n) is 4.66. The van der Waals surface area contributed by atoms with Crippen LogP contribution in [0, 0.1) is 0 Å².